The van der Waals surface area contributed by atoms with E-state index in [1.807, 2.05) is 0 Å². The van der Waals surface area contributed by atoms with Gasteiger partial charge in [-0.15, -0.1) is 0 Å². The summed E-state index contributed by atoms with van der Waals surface area (Å²) in [5.41, 5.74) is 2.81. The van der Waals surface area contributed by atoms with Gasteiger partial charge in [-0.1, -0.05) is 24.3 Å². The van der Waals surface area contributed by atoms with Crippen LogP contribution in [0.25, 0.3) is 0 Å². The van der Waals surface area contributed by atoms with Gasteiger partial charge in [-0.25, -0.2) is 4.79 Å². The smallest absolute Gasteiger partial charge is 0.326 e. The van der Waals surface area contributed by atoms with Gasteiger partial charge in [0.2, 0.25) is 0 Å². The molecule has 0 aliphatic heterocycles. The molecule has 0 saturated carbocycles. The lowest BCUT2D eigenvalue weighted by Gasteiger charge is -2.22. The zero-order valence-corrected chi connectivity index (χ0v) is 15.0. The fraction of sp³-hybridized carbons (Fsp3) is 0.250. The maximum atomic E-state index is 12.6. The number of carbonyl (C=O) groups is 2. The Hall–Kier alpha value is -3.37. The number of carbonyl (C=O) groups excluding carboxylic acids is 2. The van der Waals surface area contributed by atoms with Crippen molar-refractivity contribution < 1.29 is 19.4 Å². The molecular formula is C20H21N3O4. The number of rotatable bonds is 7. The molecular weight excluding hydrogens is 346 g/mol. The molecule has 7 nitrogen and oxygen atoms in total. The molecule has 7 heteroatoms. The van der Waals surface area contributed by atoms with Crippen LogP contribution in [-0.4, -0.2) is 37.4 Å². The lowest BCUT2D eigenvalue weighted by molar-refractivity contribution is -0.139. The Labute approximate surface area is 157 Å². The van der Waals surface area contributed by atoms with Crippen LogP contribution in [0, 0.1) is 11.3 Å². The molecule has 2 aromatic rings. The van der Waals surface area contributed by atoms with Crippen molar-refractivity contribution in [1.29, 1.82) is 5.26 Å². The summed E-state index contributed by atoms with van der Waals surface area (Å²) < 4.78 is 4.63. The Kier molecular flexibility index (Phi) is 7.35. The first-order valence-electron chi connectivity index (χ1n) is 8.38. The minimum atomic E-state index is -0.391. The molecule has 0 aromatic heterocycles. The zero-order chi connectivity index (χ0) is 19.6. The molecule has 2 amide bonds. The third kappa shape index (κ3) is 5.83. The van der Waals surface area contributed by atoms with Gasteiger partial charge >= 0.3 is 12.0 Å². The second-order valence-electron chi connectivity index (χ2n) is 5.76. The number of amides is 2. The van der Waals surface area contributed by atoms with Crippen LogP contribution in [0.1, 0.15) is 11.1 Å². The standard InChI is InChI=1S/C20H21N3O4/c1-27-19(25)14-16-4-8-18(9-5-16)23(12-13-24)20(26)22-17-6-2-15(3-7-17)10-11-21/h2-9,24H,10,12-14H2,1H3,(H,22,26). The number of ether oxygens (including phenoxy) is 1. The van der Waals surface area contributed by atoms with E-state index in [9.17, 15) is 14.7 Å². The molecule has 0 radical (unpaired) electrons. The van der Waals surface area contributed by atoms with Crippen molar-refractivity contribution in [3.8, 4) is 6.07 Å². The number of benzene rings is 2. The molecule has 140 valence electrons. The van der Waals surface area contributed by atoms with Crippen molar-refractivity contribution >= 4 is 23.4 Å². The van der Waals surface area contributed by atoms with Crippen LogP contribution in [-0.2, 0) is 22.4 Å². The van der Waals surface area contributed by atoms with E-state index in [0.717, 1.165) is 11.1 Å². The van der Waals surface area contributed by atoms with Gasteiger partial charge in [0.25, 0.3) is 0 Å². The second kappa shape index (κ2) is 9.94. The molecule has 0 unspecified atom stereocenters. The minimum absolute atomic E-state index is 0.120. The summed E-state index contributed by atoms with van der Waals surface area (Å²) in [5, 5.41) is 20.8. The number of nitriles is 1. The molecule has 0 spiro atoms. The fourth-order valence-corrected chi connectivity index (χ4v) is 2.47. The Morgan fingerprint density at radius 2 is 1.74 bits per heavy atom. The summed E-state index contributed by atoms with van der Waals surface area (Å²) in [6.07, 6.45) is 0.459. The topological polar surface area (TPSA) is 103 Å². The predicted molar refractivity (Wildman–Crippen MR) is 101 cm³/mol. The fourth-order valence-electron chi connectivity index (χ4n) is 2.47. The van der Waals surface area contributed by atoms with E-state index >= 15 is 0 Å². The van der Waals surface area contributed by atoms with Crippen LogP contribution >= 0.6 is 0 Å². The van der Waals surface area contributed by atoms with Gasteiger partial charge in [-0.2, -0.15) is 5.26 Å². The molecule has 0 fully saturated rings. The van der Waals surface area contributed by atoms with E-state index < -0.39 is 6.03 Å². The molecule has 0 saturated heterocycles. The van der Waals surface area contributed by atoms with E-state index in [0.29, 0.717) is 17.8 Å². The number of urea groups is 1. The van der Waals surface area contributed by atoms with E-state index in [1.54, 1.807) is 48.5 Å². The third-order valence-electron chi connectivity index (χ3n) is 3.88. The quantitative estimate of drug-likeness (QED) is 0.732. The average Bonchev–Trinajstić information content (AvgIpc) is 2.68. The number of aliphatic hydroxyl groups excluding tert-OH is 1. The normalized spacial score (nSPS) is 9.96. The maximum Gasteiger partial charge on any atom is 0.326 e. The van der Waals surface area contributed by atoms with E-state index in [-0.39, 0.29) is 25.5 Å². The average molecular weight is 367 g/mol. The number of nitrogens with one attached hydrogen (secondary N) is 1. The van der Waals surface area contributed by atoms with Crippen LogP contribution in [0.5, 0.6) is 0 Å². The number of esters is 1. The molecule has 2 N–H and O–H groups in total. The molecule has 0 atom stereocenters. The summed E-state index contributed by atoms with van der Waals surface area (Å²) in [6, 6.07) is 15.6. The number of aliphatic hydroxyl groups is 1. The monoisotopic (exact) mass is 367 g/mol. The highest BCUT2D eigenvalue weighted by atomic mass is 16.5. The molecule has 2 aromatic carbocycles. The van der Waals surface area contributed by atoms with Crippen LogP contribution in [0.4, 0.5) is 16.2 Å². The highest BCUT2D eigenvalue weighted by Crippen LogP contribution is 2.18. The summed E-state index contributed by atoms with van der Waals surface area (Å²) in [4.78, 5) is 25.3. The Bertz CT molecular complexity index is 811. The first kappa shape index (κ1) is 19.9. The third-order valence-corrected chi connectivity index (χ3v) is 3.88. The largest absolute Gasteiger partial charge is 0.469 e. The van der Waals surface area contributed by atoms with Gasteiger partial charge in [-0.05, 0) is 35.4 Å². The first-order chi connectivity index (χ1) is 13.1. The van der Waals surface area contributed by atoms with E-state index in [2.05, 4.69) is 16.1 Å². The number of nitrogens with zero attached hydrogens (tertiary/aromatic N) is 2. The van der Waals surface area contributed by atoms with Crippen molar-refractivity contribution in [3.05, 3.63) is 59.7 Å². The van der Waals surface area contributed by atoms with Gasteiger partial charge in [0.1, 0.15) is 0 Å². The highest BCUT2D eigenvalue weighted by molar-refractivity contribution is 6.01. The summed E-state index contributed by atoms with van der Waals surface area (Å²) in [6.45, 7) is -0.0763. The summed E-state index contributed by atoms with van der Waals surface area (Å²) in [7, 11) is 1.33. The molecule has 0 aliphatic rings. The lowest BCUT2D eigenvalue weighted by Crippen LogP contribution is -2.37. The molecule has 0 bridgehead atoms. The minimum Gasteiger partial charge on any atom is -0.469 e. The molecule has 0 aliphatic carbocycles. The van der Waals surface area contributed by atoms with Crippen molar-refractivity contribution in [3.63, 3.8) is 0 Å². The van der Waals surface area contributed by atoms with Gasteiger partial charge in [-0.3, -0.25) is 9.69 Å². The van der Waals surface area contributed by atoms with E-state index in [1.165, 1.54) is 12.0 Å². The molecule has 0 heterocycles. The van der Waals surface area contributed by atoms with Crippen molar-refractivity contribution in [2.45, 2.75) is 12.8 Å². The van der Waals surface area contributed by atoms with Crippen LogP contribution < -0.4 is 10.2 Å². The zero-order valence-electron chi connectivity index (χ0n) is 15.0. The van der Waals surface area contributed by atoms with Crippen LogP contribution in [0.15, 0.2) is 48.5 Å². The Balaban J connectivity index is 2.09. The summed E-state index contributed by atoms with van der Waals surface area (Å²) in [5.74, 6) is -0.340. The van der Waals surface area contributed by atoms with Gasteiger partial charge in [0, 0.05) is 11.4 Å². The SMILES string of the molecule is COC(=O)Cc1ccc(N(CCO)C(=O)Nc2ccc(CC#N)cc2)cc1. The molecule has 2 rings (SSSR count). The molecule has 27 heavy (non-hydrogen) atoms. The Morgan fingerprint density at radius 1 is 1.11 bits per heavy atom. The maximum absolute atomic E-state index is 12.6. The second-order valence-corrected chi connectivity index (χ2v) is 5.76. The van der Waals surface area contributed by atoms with Crippen molar-refractivity contribution in [2.75, 3.05) is 30.5 Å². The van der Waals surface area contributed by atoms with Crippen LogP contribution in [0.2, 0.25) is 0 Å². The van der Waals surface area contributed by atoms with Gasteiger partial charge in [0.15, 0.2) is 0 Å². The van der Waals surface area contributed by atoms with Crippen LogP contribution in [0.3, 0.4) is 0 Å². The van der Waals surface area contributed by atoms with E-state index in [4.69, 9.17) is 5.26 Å². The summed E-state index contributed by atoms with van der Waals surface area (Å²) >= 11 is 0. The van der Waals surface area contributed by atoms with Crippen molar-refractivity contribution in [1.82, 2.24) is 0 Å². The predicted octanol–water partition coefficient (Wildman–Crippen LogP) is 2.50. The van der Waals surface area contributed by atoms with Gasteiger partial charge < -0.3 is 15.2 Å². The number of anilines is 2. The Morgan fingerprint density at radius 3 is 2.30 bits per heavy atom. The first-order valence-corrected chi connectivity index (χ1v) is 8.38. The number of hydrogen-bond donors (Lipinski definition) is 2. The highest BCUT2D eigenvalue weighted by Gasteiger charge is 2.16. The number of hydrogen-bond acceptors (Lipinski definition) is 5. The number of methoxy groups -OCH3 is 1. The van der Waals surface area contributed by atoms with Gasteiger partial charge in [0.05, 0.1) is 39.2 Å². The lowest BCUT2D eigenvalue weighted by atomic mass is 10.1. The van der Waals surface area contributed by atoms with Crippen molar-refractivity contribution in [2.24, 2.45) is 0 Å².